The van der Waals surface area contributed by atoms with Gasteiger partial charge in [-0.2, -0.15) is 0 Å². The molecule has 0 fully saturated rings. The molecule has 3 nitrogen and oxygen atoms in total. The lowest BCUT2D eigenvalue weighted by molar-refractivity contribution is 0.0950. The first-order valence-electron chi connectivity index (χ1n) is 7.36. The molecule has 1 N–H and O–H groups in total. The molecule has 0 aliphatic heterocycles. The van der Waals surface area contributed by atoms with E-state index in [1.54, 1.807) is 24.3 Å². The zero-order valence-electron chi connectivity index (χ0n) is 12.7. The van der Waals surface area contributed by atoms with Crippen LogP contribution in [0.2, 0.25) is 0 Å². The number of amides is 1. The molecule has 1 amide bonds. The smallest absolute Gasteiger partial charge is 0.251 e. The number of benzene rings is 2. The van der Waals surface area contributed by atoms with Gasteiger partial charge in [0.05, 0.1) is 11.4 Å². The molecule has 0 spiro atoms. The van der Waals surface area contributed by atoms with Crippen molar-refractivity contribution in [1.82, 2.24) is 5.32 Å². The standard InChI is InChI=1S/C19H14FNO2S/c20-15-8-4-7-14(11-15)19(23)21-12-16-9-10-17(24-16)18(22)13-5-2-1-3-6-13/h1-11H,12H2,(H,21,23). The van der Waals surface area contributed by atoms with Gasteiger partial charge in [0.15, 0.2) is 0 Å². The summed E-state index contributed by atoms with van der Waals surface area (Å²) in [6.45, 7) is 0.294. The second-order valence-corrected chi connectivity index (χ2v) is 6.32. The van der Waals surface area contributed by atoms with E-state index in [1.807, 2.05) is 24.3 Å². The van der Waals surface area contributed by atoms with E-state index >= 15 is 0 Å². The van der Waals surface area contributed by atoms with Gasteiger partial charge in [0.1, 0.15) is 5.82 Å². The van der Waals surface area contributed by atoms with E-state index in [0.717, 1.165) is 4.88 Å². The molecule has 24 heavy (non-hydrogen) atoms. The van der Waals surface area contributed by atoms with Crippen molar-refractivity contribution in [2.45, 2.75) is 6.54 Å². The lowest BCUT2D eigenvalue weighted by Gasteiger charge is -2.03. The van der Waals surface area contributed by atoms with E-state index in [-0.39, 0.29) is 17.3 Å². The zero-order valence-corrected chi connectivity index (χ0v) is 13.5. The van der Waals surface area contributed by atoms with Crippen molar-refractivity contribution < 1.29 is 14.0 Å². The number of ketones is 1. The molecule has 0 aliphatic rings. The van der Waals surface area contributed by atoms with Gasteiger partial charge >= 0.3 is 0 Å². The molecule has 0 aliphatic carbocycles. The third-order valence-electron chi connectivity index (χ3n) is 3.43. The minimum Gasteiger partial charge on any atom is -0.347 e. The first-order valence-corrected chi connectivity index (χ1v) is 8.17. The Labute approximate surface area is 142 Å². The van der Waals surface area contributed by atoms with Crippen molar-refractivity contribution in [2.24, 2.45) is 0 Å². The van der Waals surface area contributed by atoms with E-state index < -0.39 is 5.82 Å². The number of rotatable bonds is 5. The first-order chi connectivity index (χ1) is 11.6. The number of hydrogen-bond acceptors (Lipinski definition) is 3. The van der Waals surface area contributed by atoms with E-state index in [9.17, 15) is 14.0 Å². The number of carbonyl (C=O) groups excluding carboxylic acids is 2. The summed E-state index contributed by atoms with van der Waals surface area (Å²) in [6, 6.07) is 18.1. The van der Waals surface area contributed by atoms with Crippen molar-refractivity contribution in [3.63, 3.8) is 0 Å². The molecule has 3 aromatic rings. The maximum atomic E-state index is 13.1. The minimum absolute atomic E-state index is 0.0386. The van der Waals surface area contributed by atoms with Gasteiger partial charge in [-0.05, 0) is 30.3 Å². The summed E-state index contributed by atoms with van der Waals surface area (Å²) in [5.41, 5.74) is 0.904. The quantitative estimate of drug-likeness (QED) is 0.713. The second kappa shape index (κ2) is 7.19. The van der Waals surface area contributed by atoms with Gasteiger partial charge < -0.3 is 5.32 Å². The topological polar surface area (TPSA) is 46.2 Å². The van der Waals surface area contributed by atoms with Gasteiger partial charge in [-0.1, -0.05) is 36.4 Å². The van der Waals surface area contributed by atoms with Crippen LogP contribution in [0.4, 0.5) is 4.39 Å². The number of hydrogen-bond donors (Lipinski definition) is 1. The van der Waals surface area contributed by atoms with Gasteiger partial charge in [-0.15, -0.1) is 11.3 Å². The number of halogens is 1. The highest BCUT2D eigenvalue weighted by atomic mass is 32.1. The molecule has 2 aromatic carbocycles. The Hall–Kier alpha value is -2.79. The van der Waals surface area contributed by atoms with Gasteiger partial charge in [-0.3, -0.25) is 9.59 Å². The highest BCUT2D eigenvalue weighted by Gasteiger charge is 2.12. The monoisotopic (exact) mass is 339 g/mol. The maximum Gasteiger partial charge on any atom is 0.251 e. The molecule has 5 heteroatoms. The molecule has 1 aromatic heterocycles. The van der Waals surface area contributed by atoms with Crippen molar-refractivity contribution in [2.75, 3.05) is 0 Å². The Bertz CT molecular complexity index is 874. The third-order valence-corrected chi connectivity index (χ3v) is 4.52. The summed E-state index contributed by atoms with van der Waals surface area (Å²) in [5, 5.41) is 2.73. The van der Waals surface area contributed by atoms with Crippen LogP contribution in [0.3, 0.4) is 0 Å². The fraction of sp³-hybridized carbons (Fsp3) is 0.0526. The van der Waals surface area contributed by atoms with Crippen LogP contribution in [-0.4, -0.2) is 11.7 Å². The van der Waals surface area contributed by atoms with E-state index in [0.29, 0.717) is 17.0 Å². The molecule has 0 saturated heterocycles. The van der Waals surface area contributed by atoms with Crippen LogP contribution in [-0.2, 0) is 6.54 Å². The van der Waals surface area contributed by atoms with E-state index in [4.69, 9.17) is 0 Å². The number of thiophene rings is 1. The predicted octanol–water partition coefficient (Wildman–Crippen LogP) is 4.05. The summed E-state index contributed by atoms with van der Waals surface area (Å²) >= 11 is 1.34. The van der Waals surface area contributed by atoms with Gasteiger partial charge in [0.2, 0.25) is 5.78 Å². The average Bonchev–Trinajstić information content (AvgIpc) is 3.09. The summed E-state index contributed by atoms with van der Waals surface area (Å²) < 4.78 is 13.1. The third kappa shape index (κ3) is 3.75. The molecule has 0 atom stereocenters. The lowest BCUT2D eigenvalue weighted by atomic mass is 10.1. The molecule has 0 saturated carbocycles. The van der Waals surface area contributed by atoms with Crippen LogP contribution in [0.15, 0.2) is 66.7 Å². The fourth-order valence-corrected chi connectivity index (χ4v) is 3.14. The molecule has 3 rings (SSSR count). The normalized spacial score (nSPS) is 10.4. The summed E-state index contributed by atoms with van der Waals surface area (Å²) in [5.74, 6) is -0.836. The molecular formula is C19H14FNO2S. The minimum atomic E-state index is -0.450. The summed E-state index contributed by atoms with van der Waals surface area (Å²) in [4.78, 5) is 25.8. The Morgan fingerprint density at radius 3 is 2.42 bits per heavy atom. The van der Waals surface area contributed by atoms with Crippen LogP contribution < -0.4 is 5.32 Å². The van der Waals surface area contributed by atoms with E-state index in [2.05, 4.69) is 5.32 Å². The second-order valence-electron chi connectivity index (χ2n) is 5.15. The Balaban J connectivity index is 1.64. The summed E-state index contributed by atoms with van der Waals surface area (Å²) in [6.07, 6.45) is 0. The fourth-order valence-electron chi connectivity index (χ4n) is 2.23. The molecule has 0 bridgehead atoms. The van der Waals surface area contributed by atoms with Crippen LogP contribution in [0, 0.1) is 5.82 Å². The largest absolute Gasteiger partial charge is 0.347 e. The Morgan fingerprint density at radius 1 is 0.917 bits per heavy atom. The Morgan fingerprint density at radius 2 is 1.67 bits per heavy atom. The highest BCUT2D eigenvalue weighted by molar-refractivity contribution is 7.14. The average molecular weight is 339 g/mol. The van der Waals surface area contributed by atoms with Crippen molar-refractivity contribution in [1.29, 1.82) is 0 Å². The van der Waals surface area contributed by atoms with Crippen molar-refractivity contribution >= 4 is 23.0 Å². The number of carbonyl (C=O) groups is 2. The molecule has 1 heterocycles. The SMILES string of the molecule is O=C(NCc1ccc(C(=O)c2ccccc2)s1)c1cccc(F)c1. The van der Waals surface area contributed by atoms with Crippen LogP contribution >= 0.6 is 11.3 Å². The van der Waals surface area contributed by atoms with Gasteiger partial charge in [0, 0.05) is 16.0 Å². The van der Waals surface area contributed by atoms with Gasteiger partial charge in [0.25, 0.3) is 5.91 Å². The molecular weight excluding hydrogens is 325 g/mol. The van der Waals surface area contributed by atoms with E-state index in [1.165, 1.54) is 29.5 Å². The van der Waals surface area contributed by atoms with Crippen LogP contribution in [0.5, 0.6) is 0 Å². The molecule has 0 radical (unpaired) electrons. The van der Waals surface area contributed by atoms with Crippen molar-refractivity contribution in [3.8, 4) is 0 Å². The van der Waals surface area contributed by atoms with Gasteiger partial charge in [-0.25, -0.2) is 4.39 Å². The molecule has 0 unspecified atom stereocenters. The number of nitrogens with one attached hydrogen (secondary N) is 1. The van der Waals surface area contributed by atoms with Crippen molar-refractivity contribution in [3.05, 3.63) is 93.4 Å². The first kappa shape index (κ1) is 16.1. The maximum absolute atomic E-state index is 13.1. The Kier molecular flexibility index (Phi) is 4.82. The highest BCUT2D eigenvalue weighted by Crippen LogP contribution is 2.20. The molecule has 120 valence electrons. The zero-order chi connectivity index (χ0) is 16.9. The lowest BCUT2D eigenvalue weighted by Crippen LogP contribution is -2.22. The predicted molar refractivity (Wildman–Crippen MR) is 91.8 cm³/mol. The summed E-state index contributed by atoms with van der Waals surface area (Å²) in [7, 11) is 0. The van der Waals surface area contributed by atoms with Crippen LogP contribution in [0.25, 0.3) is 0 Å². The van der Waals surface area contributed by atoms with Crippen LogP contribution in [0.1, 0.15) is 30.5 Å².